The summed E-state index contributed by atoms with van der Waals surface area (Å²) in [5.41, 5.74) is 0.773. The second-order valence-corrected chi connectivity index (χ2v) is 9.17. The highest BCUT2D eigenvalue weighted by molar-refractivity contribution is 7.10. The summed E-state index contributed by atoms with van der Waals surface area (Å²) >= 11 is 1.44. The summed E-state index contributed by atoms with van der Waals surface area (Å²) in [5, 5.41) is 5.12. The molecule has 1 aromatic carbocycles. The molecule has 3 aromatic rings. The Morgan fingerprint density at radius 3 is 2.47 bits per heavy atom. The van der Waals surface area contributed by atoms with Gasteiger partial charge in [-0.3, -0.25) is 19.5 Å². The molecule has 1 aliphatic carbocycles. The van der Waals surface area contributed by atoms with Crippen LogP contribution in [0.5, 0.6) is 11.5 Å². The lowest BCUT2D eigenvalue weighted by atomic mass is 9.95. The maximum Gasteiger partial charge on any atom is 0.277 e. The Bertz CT molecular complexity index is 1100. The number of benzene rings is 1. The first-order valence-corrected chi connectivity index (χ1v) is 12.3. The zero-order chi connectivity index (χ0) is 23.9. The molecule has 1 atom stereocenters. The van der Waals surface area contributed by atoms with Crippen molar-refractivity contribution in [2.24, 2.45) is 0 Å². The van der Waals surface area contributed by atoms with Crippen molar-refractivity contribution >= 4 is 28.8 Å². The maximum atomic E-state index is 13.8. The predicted octanol–water partition coefficient (Wildman–Crippen LogP) is 5.00. The lowest BCUT2D eigenvalue weighted by molar-refractivity contribution is -0.123. The van der Waals surface area contributed by atoms with Crippen LogP contribution in [0.25, 0.3) is 0 Å². The summed E-state index contributed by atoms with van der Waals surface area (Å²) in [6.07, 6.45) is 6.86. The van der Waals surface area contributed by atoms with Crippen LogP contribution in [0.1, 0.15) is 53.5 Å². The van der Waals surface area contributed by atoms with Crippen molar-refractivity contribution in [3.63, 3.8) is 0 Å². The van der Waals surface area contributed by atoms with Crippen LogP contribution in [0.4, 0.5) is 5.69 Å². The van der Waals surface area contributed by atoms with Gasteiger partial charge in [-0.05, 0) is 48.6 Å². The van der Waals surface area contributed by atoms with Gasteiger partial charge in [0.15, 0.2) is 17.5 Å². The fourth-order valence-corrected chi connectivity index (χ4v) is 5.13. The molecule has 0 radical (unpaired) electrons. The van der Waals surface area contributed by atoms with E-state index in [-0.39, 0.29) is 23.6 Å². The third-order valence-corrected chi connectivity index (χ3v) is 6.94. The largest absolute Gasteiger partial charge is 0.493 e. The van der Waals surface area contributed by atoms with Crippen LogP contribution in [0, 0.1) is 0 Å². The Morgan fingerprint density at radius 2 is 1.82 bits per heavy atom. The SMILES string of the molecule is COc1ccc(N(C(=O)c2ccccn2)C(C(=O)NC2CCCCC2)c2cccs2)cc1OC. The molecule has 7 nitrogen and oxygen atoms in total. The lowest BCUT2D eigenvalue weighted by Crippen LogP contribution is -2.47. The number of carbonyl (C=O) groups excluding carboxylic acids is 2. The van der Waals surface area contributed by atoms with Crippen LogP contribution in [0.2, 0.25) is 0 Å². The van der Waals surface area contributed by atoms with E-state index in [0.29, 0.717) is 17.2 Å². The number of aromatic nitrogens is 1. The number of nitrogens with one attached hydrogen (secondary N) is 1. The number of amides is 2. The van der Waals surface area contributed by atoms with Gasteiger partial charge in [-0.2, -0.15) is 0 Å². The number of ether oxygens (including phenoxy) is 2. The van der Waals surface area contributed by atoms with Crippen LogP contribution >= 0.6 is 11.3 Å². The molecular weight excluding hydrogens is 450 g/mol. The molecule has 0 spiro atoms. The predicted molar refractivity (Wildman–Crippen MR) is 133 cm³/mol. The van der Waals surface area contributed by atoms with E-state index in [1.807, 2.05) is 17.5 Å². The van der Waals surface area contributed by atoms with Gasteiger partial charge in [0.25, 0.3) is 5.91 Å². The van der Waals surface area contributed by atoms with E-state index in [2.05, 4.69) is 10.3 Å². The fraction of sp³-hybridized carbons (Fsp3) is 0.346. The van der Waals surface area contributed by atoms with Crippen LogP contribution in [-0.2, 0) is 4.79 Å². The first-order chi connectivity index (χ1) is 16.6. The average molecular weight is 480 g/mol. The van der Waals surface area contributed by atoms with Gasteiger partial charge in [-0.25, -0.2) is 0 Å². The van der Waals surface area contributed by atoms with E-state index in [1.54, 1.807) is 56.8 Å². The minimum atomic E-state index is -0.852. The molecule has 1 N–H and O–H groups in total. The maximum absolute atomic E-state index is 13.8. The molecule has 0 aliphatic heterocycles. The molecule has 1 fully saturated rings. The van der Waals surface area contributed by atoms with Gasteiger partial charge in [0.1, 0.15) is 5.69 Å². The molecule has 178 valence electrons. The van der Waals surface area contributed by atoms with Gasteiger partial charge in [-0.15, -0.1) is 11.3 Å². The van der Waals surface area contributed by atoms with Gasteiger partial charge in [0, 0.05) is 28.9 Å². The van der Waals surface area contributed by atoms with Crippen molar-refractivity contribution in [1.29, 1.82) is 0 Å². The standard InChI is InChI=1S/C26H29N3O4S/c1-32-21-14-13-19(17-22(21)33-2)29(26(31)20-11-6-7-15-27-20)24(23-12-8-16-34-23)25(30)28-18-9-4-3-5-10-18/h6-8,11-18,24H,3-5,9-10H2,1-2H3,(H,28,30). The summed E-state index contributed by atoms with van der Waals surface area (Å²) in [6.45, 7) is 0. The van der Waals surface area contributed by atoms with Gasteiger partial charge < -0.3 is 14.8 Å². The average Bonchev–Trinajstić information content (AvgIpc) is 3.42. The van der Waals surface area contributed by atoms with Gasteiger partial charge >= 0.3 is 0 Å². The van der Waals surface area contributed by atoms with E-state index in [4.69, 9.17) is 9.47 Å². The summed E-state index contributed by atoms with van der Waals surface area (Å²) < 4.78 is 10.9. The highest BCUT2D eigenvalue weighted by atomic mass is 32.1. The Labute approximate surface area is 203 Å². The monoisotopic (exact) mass is 479 g/mol. The molecule has 4 rings (SSSR count). The van der Waals surface area contributed by atoms with Gasteiger partial charge in [-0.1, -0.05) is 31.4 Å². The first kappa shape index (κ1) is 23.8. The molecule has 1 saturated carbocycles. The summed E-state index contributed by atoms with van der Waals surface area (Å²) in [6, 6.07) is 13.4. The second kappa shape index (κ2) is 11.2. The normalized spacial score (nSPS) is 14.8. The molecule has 0 saturated heterocycles. The summed E-state index contributed by atoms with van der Waals surface area (Å²) in [4.78, 5) is 34.2. The molecule has 2 heterocycles. The number of thiophene rings is 1. The minimum Gasteiger partial charge on any atom is -0.493 e. The second-order valence-electron chi connectivity index (χ2n) is 8.19. The number of carbonyl (C=O) groups is 2. The highest BCUT2D eigenvalue weighted by Gasteiger charge is 2.36. The van der Waals surface area contributed by atoms with E-state index in [1.165, 1.54) is 22.7 Å². The number of nitrogens with zero attached hydrogens (tertiary/aromatic N) is 2. The van der Waals surface area contributed by atoms with Crippen molar-refractivity contribution in [2.75, 3.05) is 19.1 Å². The number of hydrogen-bond acceptors (Lipinski definition) is 6. The third-order valence-electron chi connectivity index (χ3n) is 6.02. The van der Waals surface area contributed by atoms with E-state index < -0.39 is 6.04 Å². The van der Waals surface area contributed by atoms with Gasteiger partial charge in [0.2, 0.25) is 5.91 Å². The molecule has 1 unspecified atom stereocenters. The van der Waals surface area contributed by atoms with Crippen molar-refractivity contribution in [2.45, 2.75) is 44.2 Å². The highest BCUT2D eigenvalue weighted by Crippen LogP contribution is 2.37. The van der Waals surface area contributed by atoms with E-state index in [0.717, 1.165) is 30.6 Å². The van der Waals surface area contributed by atoms with E-state index >= 15 is 0 Å². The van der Waals surface area contributed by atoms with Crippen LogP contribution < -0.4 is 19.7 Å². The first-order valence-electron chi connectivity index (χ1n) is 11.4. The molecule has 2 aromatic heterocycles. The molecule has 1 aliphatic rings. The Morgan fingerprint density at radius 1 is 1.03 bits per heavy atom. The van der Waals surface area contributed by atoms with Gasteiger partial charge in [0.05, 0.1) is 14.2 Å². The lowest BCUT2D eigenvalue weighted by Gasteiger charge is -2.32. The molecule has 34 heavy (non-hydrogen) atoms. The van der Waals surface area contributed by atoms with Crippen LogP contribution in [0.15, 0.2) is 60.1 Å². The summed E-state index contributed by atoms with van der Waals surface area (Å²) in [5.74, 6) is 0.436. The van der Waals surface area contributed by atoms with Crippen molar-refractivity contribution in [3.8, 4) is 11.5 Å². The summed E-state index contributed by atoms with van der Waals surface area (Å²) in [7, 11) is 3.10. The quantitative estimate of drug-likeness (QED) is 0.492. The third kappa shape index (κ3) is 5.22. The molecular formula is C26H29N3O4S. The number of hydrogen-bond donors (Lipinski definition) is 1. The zero-order valence-electron chi connectivity index (χ0n) is 19.4. The number of pyridine rings is 1. The van der Waals surface area contributed by atoms with Crippen molar-refractivity contribution in [1.82, 2.24) is 10.3 Å². The molecule has 0 bridgehead atoms. The smallest absolute Gasteiger partial charge is 0.277 e. The molecule has 8 heteroatoms. The topological polar surface area (TPSA) is 80.8 Å². The van der Waals surface area contributed by atoms with Crippen molar-refractivity contribution in [3.05, 3.63) is 70.7 Å². The Kier molecular flexibility index (Phi) is 7.80. The zero-order valence-corrected chi connectivity index (χ0v) is 20.2. The Balaban J connectivity index is 1.79. The minimum absolute atomic E-state index is 0.112. The van der Waals surface area contributed by atoms with Crippen molar-refractivity contribution < 1.29 is 19.1 Å². The number of rotatable bonds is 8. The number of anilines is 1. The fourth-order valence-electron chi connectivity index (χ4n) is 4.32. The number of methoxy groups -OCH3 is 2. The van der Waals surface area contributed by atoms with E-state index in [9.17, 15) is 9.59 Å². The molecule has 2 amide bonds. The van der Waals surface area contributed by atoms with Crippen LogP contribution in [0.3, 0.4) is 0 Å². The Hall–Kier alpha value is -3.39. The van der Waals surface area contributed by atoms with Crippen LogP contribution in [-0.4, -0.2) is 37.1 Å².